The second kappa shape index (κ2) is 12.6. The summed E-state index contributed by atoms with van der Waals surface area (Å²) in [5.41, 5.74) is 1.61. The predicted octanol–water partition coefficient (Wildman–Crippen LogP) is 4.07. The van der Waals surface area contributed by atoms with Crippen molar-refractivity contribution in [3.05, 3.63) is 78.3 Å². The Kier molecular flexibility index (Phi) is 9.55. The molecular formula is C25H33IN6O2. The molecular weight excluding hydrogens is 543 g/mol. The van der Waals surface area contributed by atoms with Crippen LogP contribution >= 0.6 is 24.0 Å². The van der Waals surface area contributed by atoms with E-state index in [1.807, 2.05) is 55.1 Å². The van der Waals surface area contributed by atoms with Crippen molar-refractivity contribution in [3.63, 3.8) is 0 Å². The first-order valence-electron chi connectivity index (χ1n) is 11.5. The third-order valence-corrected chi connectivity index (χ3v) is 6.06. The molecule has 1 aliphatic rings. The minimum Gasteiger partial charge on any atom is -0.467 e. The van der Waals surface area contributed by atoms with Gasteiger partial charge in [-0.15, -0.1) is 24.0 Å². The Morgan fingerprint density at radius 3 is 2.88 bits per heavy atom. The number of rotatable bonds is 7. The van der Waals surface area contributed by atoms with Crippen molar-refractivity contribution in [1.82, 2.24) is 25.1 Å². The molecule has 1 saturated heterocycles. The Morgan fingerprint density at radius 1 is 1.26 bits per heavy atom. The maximum Gasteiger partial charge on any atom is 0.251 e. The molecule has 182 valence electrons. The molecule has 0 saturated carbocycles. The van der Waals surface area contributed by atoms with E-state index in [0.29, 0.717) is 30.6 Å². The Labute approximate surface area is 217 Å². The van der Waals surface area contributed by atoms with Gasteiger partial charge in [-0.2, -0.15) is 0 Å². The molecule has 0 aliphatic carbocycles. The van der Waals surface area contributed by atoms with E-state index < -0.39 is 0 Å². The Morgan fingerprint density at radius 2 is 2.15 bits per heavy atom. The maximum absolute atomic E-state index is 12.5. The normalized spacial score (nSPS) is 18.3. The first-order valence-corrected chi connectivity index (χ1v) is 11.5. The van der Waals surface area contributed by atoms with E-state index in [2.05, 4.69) is 38.9 Å². The van der Waals surface area contributed by atoms with Gasteiger partial charge in [-0.3, -0.25) is 4.79 Å². The number of aliphatic imine (C=N–C) groups is 1. The van der Waals surface area contributed by atoms with Gasteiger partial charge in [0, 0.05) is 37.6 Å². The zero-order chi connectivity index (χ0) is 23.0. The van der Waals surface area contributed by atoms with Gasteiger partial charge in [0.2, 0.25) is 0 Å². The van der Waals surface area contributed by atoms with Gasteiger partial charge in [-0.25, -0.2) is 9.98 Å². The second-order valence-electron chi connectivity index (χ2n) is 8.42. The van der Waals surface area contributed by atoms with Crippen LogP contribution in [0.4, 0.5) is 0 Å². The zero-order valence-electron chi connectivity index (χ0n) is 19.7. The summed E-state index contributed by atoms with van der Waals surface area (Å²) in [6, 6.07) is 11.6. The molecule has 4 rings (SSSR count). The third kappa shape index (κ3) is 6.62. The molecule has 2 unspecified atom stereocenters. The summed E-state index contributed by atoms with van der Waals surface area (Å²) in [5.74, 6) is 2.08. The highest BCUT2D eigenvalue weighted by Crippen LogP contribution is 2.27. The van der Waals surface area contributed by atoms with Crippen LogP contribution in [0.1, 0.15) is 48.0 Å². The number of guanidine groups is 1. The smallest absolute Gasteiger partial charge is 0.251 e. The van der Waals surface area contributed by atoms with E-state index >= 15 is 0 Å². The first kappa shape index (κ1) is 25.8. The molecule has 0 radical (unpaired) electrons. The van der Waals surface area contributed by atoms with Crippen molar-refractivity contribution in [2.75, 3.05) is 19.6 Å². The fourth-order valence-electron chi connectivity index (χ4n) is 4.18. The number of hydrogen-bond acceptors (Lipinski definition) is 4. The van der Waals surface area contributed by atoms with Crippen LogP contribution in [-0.2, 0) is 13.1 Å². The summed E-state index contributed by atoms with van der Waals surface area (Å²) < 4.78 is 7.48. The monoisotopic (exact) mass is 576 g/mol. The van der Waals surface area contributed by atoms with Gasteiger partial charge < -0.3 is 24.5 Å². The Hall–Kier alpha value is -2.82. The number of benzene rings is 1. The number of likely N-dealkylation sites (tertiary alicyclic amines) is 1. The number of piperidine rings is 1. The lowest BCUT2D eigenvalue weighted by molar-refractivity contribution is 0.0948. The van der Waals surface area contributed by atoms with Gasteiger partial charge in [-0.1, -0.05) is 19.1 Å². The molecule has 0 bridgehead atoms. The highest BCUT2D eigenvalue weighted by molar-refractivity contribution is 14.0. The molecule has 8 nitrogen and oxygen atoms in total. The summed E-state index contributed by atoms with van der Waals surface area (Å²) >= 11 is 0. The highest BCUT2D eigenvalue weighted by atomic mass is 127. The average molecular weight is 576 g/mol. The van der Waals surface area contributed by atoms with Gasteiger partial charge in [0.25, 0.3) is 5.91 Å². The third-order valence-electron chi connectivity index (χ3n) is 6.06. The summed E-state index contributed by atoms with van der Waals surface area (Å²) in [6.07, 6.45) is 8.47. The van der Waals surface area contributed by atoms with Crippen molar-refractivity contribution in [3.8, 4) is 0 Å². The topological polar surface area (TPSA) is 87.7 Å². The molecule has 1 amide bonds. The molecule has 0 spiro atoms. The molecule has 1 aliphatic heterocycles. The Balaban J connectivity index is 0.00000324. The van der Waals surface area contributed by atoms with Crippen LogP contribution in [0, 0.1) is 5.92 Å². The van der Waals surface area contributed by atoms with E-state index in [1.165, 1.54) is 0 Å². The number of imidazole rings is 1. The quantitative estimate of drug-likeness (QED) is 0.252. The number of halogens is 1. The molecule has 2 atom stereocenters. The highest BCUT2D eigenvalue weighted by Gasteiger charge is 2.28. The minimum absolute atomic E-state index is 0. The fraction of sp³-hybridized carbons (Fsp3) is 0.400. The molecule has 1 aromatic carbocycles. The summed E-state index contributed by atoms with van der Waals surface area (Å²) in [6.45, 7) is 7.91. The van der Waals surface area contributed by atoms with E-state index in [4.69, 9.17) is 9.41 Å². The Bertz CT molecular complexity index is 1050. The molecule has 3 heterocycles. The van der Waals surface area contributed by atoms with Crippen molar-refractivity contribution in [2.45, 2.75) is 39.4 Å². The largest absolute Gasteiger partial charge is 0.467 e. The molecule has 1 fully saturated rings. The number of amides is 1. The molecule has 9 heteroatoms. The van der Waals surface area contributed by atoms with Gasteiger partial charge >= 0.3 is 0 Å². The SMILES string of the molecule is CCNC(=NCc1cccc(C(=O)NCc2ccco2)c1)N1CCC(C)C(n2ccnc2)C1.I. The van der Waals surface area contributed by atoms with E-state index in [1.54, 1.807) is 6.26 Å². The lowest BCUT2D eigenvalue weighted by Crippen LogP contribution is -2.49. The van der Waals surface area contributed by atoms with E-state index in [9.17, 15) is 4.79 Å². The van der Waals surface area contributed by atoms with Crippen LogP contribution in [0.5, 0.6) is 0 Å². The first-order chi connectivity index (χ1) is 16.1. The van der Waals surface area contributed by atoms with Gasteiger partial charge in [0.05, 0.1) is 31.7 Å². The van der Waals surface area contributed by atoms with Crippen molar-refractivity contribution < 1.29 is 9.21 Å². The van der Waals surface area contributed by atoms with E-state index in [0.717, 1.165) is 43.3 Å². The van der Waals surface area contributed by atoms with Crippen LogP contribution in [-0.4, -0.2) is 46.0 Å². The number of nitrogens with one attached hydrogen (secondary N) is 2. The van der Waals surface area contributed by atoms with Gasteiger partial charge in [0.15, 0.2) is 5.96 Å². The molecule has 3 aromatic rings. The lowest BCUT2D eigenvalue weighted by atomic mass is 9.93. The maximum atomic E-state index is 12.5. The zero-order valence-corrected chi connectivity index (χ0v) is 22.0. The standard InChI is InChI=1S/C25H32N6O2.HI/c1-3-27-25(30-11-9-19(2)23(17-30)31-12-10-26-18-31)29-15-20-6-4-7-21(14-20)24(32)28-16-22-8-5-13-33-22;/h4-8,10,12-14,18-19,23H,3,9,11,15-17H2,1-2H3,(H,27,29)(H,28,32);1H. The van der Waals surface area contributed by atoms with Crippen LogP contribution < -0.4 is 10.6 Å². The number of hydrogen-bond donors (Lipinski definition) is 2. The van der Waals surface area contributed by atoms with Crippen LogP contribution in [0.2, 0.25) is 0 Å². The number of aromatic nitrogens is 2. The molecule has 2 N–H and O–H groups in total. The van der Waals surface area contributed by atoms with Gasteiger partial charge in [0.1, 0.15) is 5.76 Å². The van der Waals surface area contributed by atoms with Crippen molar-refractivity contribution in [1.29, 1.82) is 0 Å². The predicted molar refractivity (Wildman–Crippen MR) is 143 cm³/mol. The number of nitrogens with zero attached hydrogens (tertiary/aromatic N) is 4. The number of carbonyl (C=O) groups is 1. The van der Waals surface area contributed by atoms with Crippen LogP contribution in [0.3, 0.4) is 0 Å². The average Bonchev–Trinajstić information content (AvgIpc) is 3.55. The second-order valence-corrected chi connectivity index (χ2v) is 8.42. The van der Waals surface area contributed by atoms with Crippen molar-refractivity contribution >= 4 is 35.8 Å². The van der Waals surface area contributed by atoms with Crippen LogP contribution in [0.25, 0.3) is 0 Å². The fourth-order valence-corrected chi connectivity index (χ4v) is 4.18. The summed E-state index contributed by atoms with van der Waals surface area (Å²) in [7, 11) is 0. The molecule has 34 heavy (non-hydrogen) atoms. The van der Waals surface area contributed by atoms with E-state index in [-0.39, 0.29) is 29.9 Å². The molecule has 2 aromatic heterocycles. The lowest BCUT2D eigenvalue weighted by Gasteiger charge is -2.39. The van der Waals surface area contributed by atoms with Crippen LogP contribution in [0.15, 0.2) is 70.8 Å². The van der Waals surface area contributed by atoms with Crippen molar-refractivity contribution in [2.24, 2.45) is 10.9 Å². The number of furan rings is 1. The number of carbonyl (C=O) groups excluding carboxylic acids is 1. The van der Waals surface area contributed by atoms with Gasteiger partial charge in [-0.05, 0) is 49.1 Å². The minimum atomic E-state index is -0.127. The summed E-state index contributed by atoms with van der Waals surface area (Å²) in [4.78, 5) is 24.0. The summed E-state index contributed by atoms with van der Waals surface area (Å²) in [5, 5.41) is 6.33.